The Labute approximate surface area is 113 Å². The van der Waals surface area contributed by atoms with E-state index in [2.05, 4.69) is 4.98 Å². The minimum absolute atomic E-state index is 0.125. The van der Waals surface area contributed by atoms with Crippen LogP contribution in [0.4, 0.5) is 11.5 Å². The van der Waals surface area contributed by atoms with Crippen LogP contribution in [0, 0.1) is 5.92 Å². The van der Waals surface area contributed by atoms with E-state index in [1.54, 1.807) is 6.07 Å². The highest BCUT2D eigenvalue weighted by atomic mass is 16.4. The molecule has 0 aromatic carbocycles. The van der Waals surface area contributed by atoms with Crippen LogP contribution in [-0.2, 0) is 0 Å². The van der Waals surface area contributed by atoms with Crippen molar-refractivity contribution < 1.29 is 9.90 Å². The zero-order valence-corrected chi connectivity index (χ0v) is 11.3. The van der Waals surface area contributed by atoms with Crippen LogP contribution < -0.4 is 10.6 Å². The van der Waals surface area contributed by atoms with Gasteiger partial charge in [0.25, 0.3) is 0 Å². The topological polar surface area (TPSA) is 79.5 Å². The normalized spacial score (nSPS) is 16.3. The molecule has 3 N–H and O–H groups in total. The van der Waals surface area contributed by atoms with Gasteiger partial charge in [0.2, 0.25) is 0 Å². The molecule has 1 heterocycles. The summed E-state index contributed by atoms with van der Waals surface area (Å²) in [4.78, 5) is 17.3. The molecule has 5 nitrogen and oxygen atoms in total. The second kappa shape index (κ2) is 5.91. The average Bonchev–Trinajstić information content (AvgIpc) is 2.40. The first kappa shape index (κ1) is 13.6. The Morgan fingerprint density at radius 3 is 2.79 bits per heavy atom. The number of carboxylic acid groups (broad SMARTS) is 1. The molecule has 2 rings (SSSR count). The molecule has 0 atom stereocenters. The fourth-order valence-electron chi connectivity index (χ4n) is 2.70. The van der Waals surface area contributed by atoms with Crippen LogP contribution in [0.1, 0.15) is 42.5 Å². The van der Waals surface area contributed by atoms with Gasteiger partial charge in [-0.15, -0.1) is 0 Å². The number of hydrogen-bond acceptors (Lipinski definition) is 4. The van der Waals surface area contributed by atoms with Gasteiger partial charge in [-0.25, -0.2) is 9.78 Å². The summed E-state index contributed by atoms with van der Waals surface area (Å²) in [5, 5.41) is 9.07. The van der Waals surface area contributed by atoms with Crippen molar-refractivity contribution in [3.8, 4) is 0 Å². The number of nitrogen functional groups attached to an aromatic ring is 1. The number of aromatic carboxylic acids is 1. The van der Waals surface area contributed by atoms with Crippen molar-refractivity contribution in [2.45, 2.75) is 32.1 Å². The fraction of sp³-hybridized carbons (Fsp3) is 0.571. The minimum Gasteiger partial charge on any atom is -0.478 e. The maximum absolute atomic E-state index is 11.1. The van der Waals surface area contributed by atoms with E-state index in [0.29, 0.717) is 11.7 Å². The number of carbonyl (C=O) groups is 1. The van der Waals surface area contributed by atoms with Crippen molar-refractivity contribution in [2.75, 3.05) is 24.2 Å². The summed E-state index contributed by atoms with van der Waals surface area (Å²) in [5.41, 5.74) is 5.95. The van der Waals surface area contributed by atoms with Gasteiger partial charge >= 0.3 is 5.97 Å². The van der Waals surface area contributed by atoms with E-state index in [4.69, 9.17) is 10.8 Å². The summed E-state index contributed by atoms with van der Waals surface area (Å²) in [5.74, 6) is 0.357. The molecule has 1 aromatic rings. The first-order valence-corrected chi connectivity index (χ1v) is 6.78. The summed E-state index contributed by atoms with van der Waals surface area (Å²) in [6.45, 7) is 0.927. The first-order valence-electron chi connectivity index (χ1n) is 6.78. The number of nitrogens with two attached hydrogens (primary N) is 1. The van der Waals surface area contributed by atoms with Gasteiger partial charge in [0, 0.05) is 13.6 Å². The molecule has 1 saturated carbocycles. The highest BCUT2D eigenvalue weighted by Crippen LogP contribution is 2.26. The Bertz CT molecular complexity index is 456. The number of carboxylic acids is 1. The summed E-state index contributed by atoms with van der Waals surface area (Å²) in [6, 6.07) is 1.56. The Hall–Kier alpha value is -1.78. The number of pyridine rings is 1. The van der Waals surface area contributed by atoms with E-state index in [-0.39, 0.29) is 11.3 Å². The second-order valence-corrected chi connectivity index (χ2v) is 5.32. The highest BCUT2D eigenvalue weighted by molar-refractivity contribution is 5.94. The van der Waals surface area contributed by atoms with Crippen LogP contribution in [0.25, 0.3) is 0 Å². The monoisotopic (exact) mass is 263 g/mol. The Morgan fingerprint density at radius 2 is 2.16 bits per heavy atom. The van der Waals surface area contributed by atoms with Gasteiger partial charge in [0.1, 0.15) is 5.82 Å². The van der Waals surface area contributed by atoms with Gasteiger partial charge in [0.05, 0.1) is 17.4 Å². The van der Waals surface area contributed by atoms with E-state index < -0.39 is 5.97 Å². The quantitative estimate of drug-likeness (QED) is 0.871. The molecule has 19 heavy (non-hydrogen) atoms. The number of anilines is 2. The Morgan fingerprint density at radius 1 is 1.47 bits per heavy atom. The third kappa shape index (κ3) is 3.36. The number of nitrogens with zero attached hydrogens (tertiary/aromatic N) is 2. The van der Waals surface area contributed by atoms with Crippen LogP contribution in [0.2, 0.25) is 0 Å². The lowest BCUT2D eigenvalue weighted by molar-refractivity contribution is 0.0698. The largest absolute Gasteiger partial charge is 0.478 e. The van der Waals surface area contributed by atoms with E-state index >= 15 is 0 Å². The molecule has 1 fully saturated rings. The smallest absolute Gasteiger partial charge is 0.337 e. The van der Waals surface area contributed by atoms with Crippen molar-refractivity contribution in [3.63, 3.8) is 0 Å². The maximum Gasteiger partial charge on any atom is 0.337 e. The van der Waals surface area contributed by atoms with E-state index in [1.165, 1.54) is 38.3 Å². The lowest BCUT2D eigenvalue weighted by atomic mass is 9.89. The van der Waals surface area contributed by atoms with Crippen molar-refractivity contribution in [1.82, 2.24) is 4.98 Å². The van der Waals surface area contributed by atoms with Crippen LogP contribution >= 0.6 is 0 Å². The predicted molar refractivity (Wildman–Crippen MR) is 75.5 cm³/mol. The number of hydrogen-bond donors (Lipinski definition) is 2. The molecular weight excluding hydrogens is 242 g/mol. The Kier molecular flexibility index (Phi) is 4.24. The third-order valence-corrected chi connectivity index (χ3v) is 3.80. The lowest BCUT2D eigenvalue weighted by Crippen LogP contribution is -2.27. The van der Waals surface area contributed by atoms with Gasteiger partial charge in [-0.05, 0) is 24.8 Å². The SMILES string of the molecule is CN(CC1CCCCC1)c1cc(C(=O)O)c(N)cn1. The lowest BCUT2D eigenvalue weighted by Gasteiger charge is -2.27. The van der Waals surface area contributed by atoms with Crippen LogP contribution in [0.3, 0.4) is 0 Å². The van der Waals surface area contributed by atoms with Crippen molar-refractivity contribution >= 4 is 17.5 Å². The molecule has 0 saturated heterocycles. The molecule has 1 aromatic heterocycles. The fourth-order valence-corrected chi connectivity index (χ4v) is 2.70. The van der Waals surface area contributed by atoms with Crippen molar-refractivity contribution in [2.24, 2.45) is 5.92 Å². The molecule has 104 valence electrons. The predicted octanol–water partition coefficient (Wildman–Crippen LogP) is 2.38. The summed E-state index contributed by atoms with van der Waals surface area (Å²) < 4.78 is 0. The van der Waals surface area contributed by atoms with E-state index in [1.807, 2.05) is 11.9 Å². The van der Waals surface area contributed by atoms with Crippen molar-refractivity contribution in [1.29, 1.82) is 0 Å². The minimum atomic E-state index is -1.01. The van der Waals surface area contributed by atoms with E-state index in [0.717, 1.165) is 6.54 Å². The molecule has 0 spiro atoms. The molecule has 1 aliphatic carbocycles. The number of rotatable bonds is 4. The average molecular weight is 263 g/mol. The van der Waals surface area contributed by atoms with Gasteiger partial charge < -0.3 is 15.7 Å². The standard InChI is InChI=1S/C14H21N3O2/c1-17(9-10-5-3-2-4-6-10)13-7-11(14(18)19)12(15)8-16-13/h7-8,10H,2-6,9,15H2,1H3,(H,18,19). The van der Waals surface area contributed by atoms with Crippen LogP contribution in [0.5, 0.6) is 0 Å². The summed E-state index contributed by atoms with van der Waals surface area (Å²) >= 11 is 0. The van der Waals surface area contributed by atoms with Gasteiger partial charge in [-0.3, -0.25) is 0 Å². The molecule has 0 unspecified atom stereocenters. The summed E-state index contributed by atoms with van der Waals surface area (Å²) in [7, 11) is 1.96. The zero-order chi connectivity index (χ0) is 13.8. The third-order valence-electron chi connectivity index (χ3n) is 3.80. The van der Waals surface area contributed by atoms with Gasteiger partial charge in [-0.2, -0.15) is 0 Å². The summed E-state index contributed by atoms with van der Waals surface area (Å²) in [6.07, 6.45) is 7.87. The molecule has 0 radical (unpaired) electrons. The molecule has 1 aliphatic rings. The van der Waals surface area contributed by atoms with Crippen LogP contribution in [0.15, 0.2) is 12.3 Å². The molecule has 0 aliphatic heterocycles. The maximum atomic E-state index is 11.1. The molecule has 5 heteroatoms. The molecule has 0 amide bonds. The van der Waals surface area contributed by atoms with E-state index in [9.17, 15) is 4.79 Å². The zero-order valence-electron chi connectivity index (χ0n) is 11.3. The number of aromatic nitrogens is 1. The van der Waals surface area contributed by atoms with Gasteiger partial charge in [-0.1, -0.05) is 19.3 Å². The Balaban J connectivity index is 2.07. The first-order chi connectivity index (χ1) is 9.08. The van der Waals surface area contributed by atoms with Crippen LogP contribution in [-0.4, -0.2) is 29.7 Å². The molecular formula is C14H21N3O2. The highest BCUT2D eigenvalue weighted by Gasteiger charge is 2.17. The second-order valence-electron chi connectivity index (χ2n) is 5.32. The van der Waals surface area contributed by atoms with Gasteiger partial charge in [0.15, 0.2) is 0 Å². The molecule has 0 bridgehead atoms. The van der Waals surface area contributed by atoms with Crippen molar-refractivity contribution in [3.05, 3.63) is 17.8 Å².